The minimum atomic E-state index is -0.537. The molecule has 0 aliphatic rings. The zero-order chi connectivity index (χ0) is 11.4. The summed E-state index contributed by atoms with van der Waals surface area (Å²) in [5, 5.41) is 12.2. The SMILES string of the molecule is CCC(N)C(=O)Nc1cccc(C)c1O. The highest BCUT2D eigenvalue weighted by atomic mass is 16.3. The lowest BCUT2D eigenvalue weighted by Crippen LogP contribution is -2.34. The quantitative estimate of drug-likeness (QED) is 0.657. The van der Waals surface area contributed by atoms with Crippen LogP contribution in [0.25, 0.3) is 0 Å². The predicted octanol–water partition coefficient (Wildman–Crippen LogP) is 1.38. The molecule has 0 radical (unpaired) electrons. The number of rotatable bonds is 3. The molecule has 0 saturated carbocycles. The van der Waals surface area contributed by atoms with Gasteiger partial charge in [0.1, 0.15) is 5.75 Å². The molecule has 0 aliphatic carbocycles. The third-order valence-corrected chi connectivity index (χ3v) is 2.27. The van der Waals surface area contributed by atoms with E-state index in [2.05, 4.69) is 5.32 Å². The Bertz CT molecular complexity index is 364. The van der Waals surface area contributed by atoms with Crippen molar-refractivity contribution in [2.45, 2.75) is 26.3 Å². The van der Waals surface area contributed by atoms with Gasteiger partial charge in [0.25, 0.3) is 0 Å². The molecule has 4 N–H and O–H groups in total. The second kappa shape index (κ2) is 4.79. The highest BCUT2D eigenvalue weighted by molar-refractivity contribution is 5.96. The van der Waals surface area contributed by atoms with Gasteiger partial charge in [0.05, 0.1) is 11.7 Å². The van der Waals surface area contributed by atoms with Crippen LogP contribution in [0.4, 0.5) is 5.69 Å². The van der Waals surface area contributed by atoms with E-state index in [1.165, 1.54) is 0 Å². The highest BCUT2D eigenvalue weighted by Crippen LogP contribution is 2.26. The number of nitrogens with one attached hydrogen (secondary N) is 1. The van der Waals surface area contributed by atoms with Gasteiger partial charge < -0.3 is 16.2 Å². The molecule has 0 spiro atoms. The van der Waals surface area contributed by atoms with Gasteiger partial charge in [-0.1, -0.05) is 19.1 Å². The van der Waals surface area contributed by atoms with Crippen LogP contribution in [0.3, 0.4) is 0 Å². The van der Waals surface area contributed by atoms with Crippen molar-refractivity contribution < 1.29 is 9.90 Å². The fraction of sp³-hybridized carbons (Fsp3) is 0.364. The molecular weight excluding hydrogens is 192 g/mol. The van der Waals surface area contributed by atoms with Crippen LogP contribution in [0.5, 0.6) is 5.75 Å². The summed E-state index contributed by atoms with van der Waals surface area (Å²) in [6.07, 6.45) is 0.568. The van der Waals surface area contributed by atoms with Crippen LogP contribution >= 0.6 is 0 Å². The first-order valence-corrected chi connectivity index (χ1v) is 4.91. The van der Waals surface area contributed by atoms with Gasteiger partial charge in [-0.05, 0) is 25.0 Å². The largest absolute Gasteiger partial charge is 0.505 e. The zero-order valence-corrected chi connectivity index (χ0v) is 8.95. The molecule has 0 heterocycles. The molecule has 4 heteroatoms. The average molecular weight is 208 g/mol. The smallest absolute Gasteiger partial charge is 0.241 e. The molecule has 0 aliphatic heterocycles. The van der Waals surface area contributed by atoms with Gasteiger partial charge in [0.15, 0.2) is 0 Å². The van der Waals surface area contributed by atoms with Crippen LogP contribution in [-0.2, 0) is 4.79 Å². The summed E-state index contributed by atoms with van der Waals surface area (Å²) in [5.41, 5.74) is 6.69. The Balaban J connectivity index is 2.81. The summed E-state index contributed by atoms with van der Waals surface area (Å²) in [5.74, 6) is -0.187. The van der Waals surface area contributed by atoms with Gasteiger partial charge >= 0.3 is 0 Å². The standard InChI is InChI=1S/C11H16N2O2/c1-3-8(12)11(15)13-9-6-4-5-7(2)10(9)14/h4-6,8,14H,3,12H2,1-2H3,(H,13,15). The Labute approximate surface area is 89.1 Å². The number of aromatic hydroxyl groups is 1. The van der Waals surface area contributed by atoms with Crippen LogP contribution in [0, 0.1) is 6.92 Å². The minimum absolute atomic E-state index is 0.0918. The highest BCUT2D eigenvalue weighted by Gasteiger charge is 2.13. The van der Waals surface area contributed by atoms with Crippen molar-refractivity contribution in [3.05, 3.63) is 23.8 Å². The van der Waals surface area contributed by atoms with Crippen molar-refractivity contribution in [3.63, 3.8) is 0 Å². The number of hydrogen-bond donors (Lipinski definition) is 3. The number of anilines is 1. The fourth-order valence-electron chi connectivity index (χ4n) is 1.17. The molecule has 1 aromatic carbocycles. The van der Waals surface area contributed by atoms with Crippen LogP contribution in [-0.4, -0.2) is 17.1 Å². The molecule has 15 heavy (non-hydrogen) atoms. The third-order valence-electron chi connectivity index (χ3n) is 2.27. The normalized spacial score (nSPS) is 12.2. The first kappa shape index (κ1) is 11.5. The second-order valence-electron chi connectivity index (χ2n) is 3.48. The molecule has 0 fully saturated rings. The Morgan fingerprint density at radius 1 is 1.60 bits per heavy atom. The van der Waals surface area contributed by atoms with E-state index in [4.69, 9.17) is 5.73 Å². The van der Waals surface area contributed by atoms with Crippen LogP contribution in [0.1, 0.15) is 18.9 Å². The maximum atomic E-state index is 11.5. The van der Waals surface area contributed by atoms with Crippen molar-refractivity contribution >= 4 is 11.6 Å². The van der Waals surface area contributed by atoms with Crippen molar-refractivity contribution in [2.75, 3.05) is 5.32 Å². The van der Waals surface area contributed by atoms with Crippen LogP contribution in [0.15, 0.2) is 18.2 Å². The number of aryl methyl sites for hydroxylation is 1. The second-order valence-corrected chi connectivity index (χ2v) is 3.48. The van der Waals surface area contributed by atoms with E-state index in [0.717, 1.165) is 5.56 Å². The van der Waals surface area contributed by atoms with Gasteiger partial charge in [0.2, 0.25) is 5.91 Å². The van der Waals surface area contributed by atoms with E-state index < -0.39 is 6.04 Å². The number of benzene rings is 1. The third kappa shape index (κ3) is 2.70. The van der Waals surface area contributed by atoms with Crippen molar-refractivity contribution in [2.24, 2.45) is 5.73 Å². The number of para-hydroxylation sites is 1. The molecule has 1 amide bonds. The van der Waals surface area contributed by atoms with E-state index in [-0.39, 0.29) is 11.7 Å². The summed E-state index contributed by atoms with van der Waals surface area (Å²) in [7, 11) is 0. The summed E-state index contributed by atoms with van der Waals surface area (Å²) >= 11 is 0. The van der Waals surface area contributed by atoms with Gasteiger partial charge in [-0.2, -0.15) is 0 Å². The Hall–Kier alpha value is -1.55. The number of carbonyl (C=O) groups is 1. The number of nitrogens with two attached hydrogens (primary N) is 1. The molecule has 0 bridgehead atoms. The van der Waals surface area contributed by atoms with Gasteiger partial charge in [-0.25, -0.2) is 0 Å². The lowest BCUT2D eigenvalue weighted by atomic mass is 10.1. The van der Waals surface area contributed by atoms with Crippen molar-refractivity contribution in [1.82, 2.24) is 0 Å². The minimum Gasteiger partial charge on any atom is -0.505 e. The van der Waals surface area contributed by atoms with Gasteiger partial charge in [0, 0.05) is 0 Å². The van der Waals surface area contributed by atoms with Crippen molar-refractivity contribution in [1.29, 1.82) is 0 Å². The van der Waals surface area contributed by atoms with E-state index in [9.17, 15) is 9.90 Å². The molecule has 0 aromatic heterocycles. The lowest BCUT2D eigenvalue weighted by molar-refractivity contribution is -0.117. The topological polar surface area (TPSA) is 75.4 Å². The van der Waals surface area contributed by atoms with Gasteiger partial charge in [-0.15, -0.1) is 0 Å². The van der Waals surface area contributed by atoms with E-state index in [0.29, 0.717) is 12.1 Å². The number of phenols is 1. The molecule has 1 rings (SSSR count). The van der Waals surface area contributed by atoms with Crippen LogP contribution in [0.2, 0.25) is 0 Å². The molecule has 1 atom stereocenters. The molecule has 4 nitrogen and oxygen atoms in total. The maximum absolute atomic E-state index is 11.5. The molecular formula is C11H16N2O2. The summed E-state index contributed by atoms with van der Waals surface area (Å²) in [4.78, 5) is 11.5. The molecule has 1 aromatic rings. The van der Waals surface area contributed by atoms with E-state index in [1.54, 1.807) is 25.1 Å². The first-order valence-electron chi connectivity index (χ1n) is 4.91. The summed E-state index contributed by atoms with van der Waals surface area (Å²) in [6.45, 7) is 3.60. The van der Waals surface area contributed by atoms with Crippen molar-refractivity contribution in [3.8, 4) is 5.75 Å². The first-order chi connectivity index (χ1) is 7.06. The monoisotopic (exact) mass is 208 g/mol. The fourth-order valence-corrected chi connectivity index (χ4v) is 1.17. The Morgan fingerprint density at radius 3 is 2.87 bits per heavy atom. The molecule has 1 unspecified atom stereocenters. The summed E-state index contributed by atoms with van der Waals surface area (Å²) < 4.78 is 0. The number of phenolic OH excluding ortho intramolecular Hbond substituents is 1. The molecule has 0 saturated heterocycles. The zero-order valence-electron chi connectivity index (χ0n) is 8.95. The van der Waals surface area contributed by atoms with Gasteiger partial charge in [-0.3, -0.25) is 4.79 Å². The van der Waals surface area contributed by atoms with E-state index >= 15 is 0 Å². The Morgan fingerprint density at radius 2 is 2.27 bits per heavy atom. The number of hydrogen-bond acceptors (Lipinski definition) is 3. The molecule has 82 valence electrons. The summed E-state index contributed by atoms with van der Waals surface area (Å²) in [6, 6.07) is 4.64. The predicted molar refractivity (Wildman–Crippen MR) is 59.7 cm³/mol. The average Bonchev–Trinajstić information content (AvgIpc) is 2.23. The number of carbonyl (C=O) groups excluding carboxylic acids is 1. The maximum Gasteiger partial charge on any atom is 0.241 e. The lowest BCUT2D eigenvalue weighted by Gasteiger charge is -2.12. The Kier molecular flexibility index (Phi) is 3.68. The van der Waals surface area contributed by atoms with E-state index in [1.807, 2.05) is 6.92 Å². The number of amides is 1. The van der Waals surface area contributed by atoms with Crippen LogP contribution < -0.4 is 11.1 Å².